The summed E-state index contributed by atoms with van der Waals surface area (Å²) >= 11 is 7.39. The van der Waals surface area contributed by atoms with Gasteiger partial charge in [0.05, 0.1) is 21.2 Å². The summed E-state index contributed by atoms with van der Waals surface area (Å²) in [6, 6.07) is 9.81. The minimum absolute atomic E-state index is 0.0599. The summed E-state index contributed by atoms with van der Waals surface area (Å²) in [5.74, 6) is -0.722. The topological polar surface area (TPSA) is 107 Å². The molecule has 0 spiro atoms. The van der Waals surface area contributed by atoms with Crippen LogP contribution in [0, 0.1) is 24.0 Å². The number of aryl methyl sites for hydroxylation is 2. The van der Waals surface area contributed by atoms with Gasteiger partial charge in [0.1, 0.15) is 0 Å². The first-order valence-electron chi connectivity index (χ1n) is 7.84. The first-order chi connectivity index (χ1) is 12.9. The van der Waals surface area contributed by atoms with Crippen molar-refractivity contribution in [1.82, 2.24) is 10.2 Å². The molecule has 0 saturated heterocycles. The molecule has 0 aliphatic carbocycles. The lowest BCUT2D eigenvalue weighted by molar-refractivity contribution is -0.398. The minimum Gasteiger partial charge on any atom is -0.867 e. The fourth-order valence-electron chi connectivity index (χ4n) is 2.42. The van der Waals surface area contributed by atoms with E-state index in [0.29, 0.717) is 5.69 Å². The van der Waals surface area contributed by atoms with Gasteiger partial charge < -0.3 is 5.11 Å². The molecule has 7 nitrogen and oxygen atoms in total. The van der Waals surface area contributed by atoms with Gasteiger partial charge in [0.15, 0.2) is 0 Å². The molecule has 0 aliphatic rings. The van der Waals surface area contributed by atoms with E-state index in [1.807, 2.05) is 32.0 Å². The van der Waals surface area contributed by atoms with Gasteiger partial charge in [-0.15, -0.1) is 0 Å². The van der Waals surface area contributed by atoms with Crippen molar-refractivity contribution >= 4 is 41.0 Å². The second kappa shape index (κ2) is 7.81. The molecule has 1 heterocycles. The lowest BCUT2D eigenvalue weighted by Gasteiger charge is -2.11. The number of hydrogen-bond acceptors (Lipinski definition) is 6. The van der Waals surface area contributed by atoms with Gasteiger partial charge >= 0.3 is 0 Å². The summed E-state index contributed by atoms with van der Waals surface area (Å²) in [7, 11) is 0. The van der Waals surface area contributed by atoms with E-state index in [2.05, 4.69) is 15.2 Å². The Morgan fingerprint density at radius 1 is 1.30 bits per heavy atom. The first kappa shape index (κ1) is 18.9. The van der Waals surface area contributed by atoms with Gasteiger partial charge in [0.25, 0.3) is 5.69 Å². The van der Waals surface area contributed by atoms with E-state index in [-0.39, 0.29) is 10.6 Å². The zero-order valence-corrected chi connectivity index (χ0v) is 16.0. The average molecular weight is 402 g/mol. The zero-order chi connectivity index (χ0) is 19.6. The smallest absolute Gasteiger partial charge is 0.263 e. The molecule has 1 N–H and O–H groups in total. The number of halogens is 1. The Morgan fingerprint density at radius 3 is 2.70 bits per heavy atom. The molecule has 138 valence electrons. The number of nitro groups is 1. The summed E-state index contributed by atoms with van der Waals surface area (Å²) in [6.45, 7) is 3.84. The molecule has 2 aromatic carbocycles. The number of rotatable bonds is 5. The van der Waals surface area contributed by atoms with E-state index in [1.165, 1.54) is 24.0 Å². The predicted molar refractivity (Wildman–Crippen MR) is 103 cm³/mol. The minimum atomic E-state index is -0.750. The molecular formula is C18H14ClN4O3S-. The van der Waals surface area contributed by atoms with Crippen molar-refractivity contribution < 1.29 is 10.0 Å². The molecule has 3 rings (SSSR count). The van der Waals surface area contributed by atoms with E-state index >= 15 is 0 Å². The third-order valence-corrected chi connectivity index (χ3v) is 5.33. The van der Waals surface area contributed by atoms with E-state index in [9.17, 15) is 15.2 Å². The van der Waals surface area contributed by atoms with Crippen LogP contribution in [0.15, 0.2) is 51.2 Å². The third-order valence-electron chi connectivity index (χ3n) is 3.74. The van der Waals surface area contributed by atoms with Crippen molar-refractivity contribution in [2.24, 2.45) is 4.99 Å². The molecule has 9 heteroatoms. The SMILES string of the molecule is Cc1n[nH]c(C)c1Sc1ccccc1N=Cc1cc(Cl)cc([N+](=O)[O-])c1[O-]. The monoisotopic (exact) mass is 401 g/mol. The van der Waals surface area contributed by atoms with Crippen LogP contribution in [0.25, 0.3) is 0 Å². The van der Waals surface area contributed by atoms with E-state index in [1.54, 1.807) is 6.07 Å². The summed E-state index contributed by atoms with van der Waals surface area (Å²) in [4.78, 5) is 16.5. The van der Waals surface area contributed by atoms with Gasteiger partial charge in [-0.2, -0.15) is 5.10 Å². The molecule has 3 aromatic rings. The standard InChI is InChI=1S/C18H15ClN4O3S/c1-10-18(11(2)22-21-10)27-16-6-4-3-5-14(16)20-9-12-7-13(19)8-15(17(12)24)23(25)26/h3-9,24H,1-2H3,(H,21,22)/p-1. The molecule has 0 radical (unpaired) electrons. The molecule has 27 heavy (non-hydrogen) atoms. The maximum Gasteiger partial charge on any atom is 0.263 e. The van der Waals surface area contributed by atoms with Crippen molar-refractivity contribution in [3.05, 3.63) is 68.5 Å². The Balaban J connectivity index is 1.97. The van der Waals surface area contributed by atoms with Crippen LogP contribution >= 0.6 is 23.4 Å². The molecule has 0 saturated carbocycles. The Bertz CT molecular complexity index is 1030. The number of nitrogens with one attached hydrogen (secondary N) is 1. The lowest BCUT2D eigenvalue weighted by atomic mass is 10.2. The predicted octanol–water partition coefficient (Wildman–Crippen LogP) is 4.56. The number of nitrogens with zero attached hydrogens (tertiary/aromatic N) is 3. The van der Waals surface area contributed by atoms with Gasteiger partial charge in [-0.3, -0.25) is 20.2 Å². The fourth-order valence-corrected chi connectivity index (χ4v) is 3.63. The number of benzene rings is 2. The van der Waals surface area contributed by atoms with E-state index in [0.717, 1.165) is 27.2 Å². The number of aromatic nitrogens is 2. The van der Waals surface area contributed by atoms with Crippen molar-refractivity contribution in [3.63, 3.8) is 0 Å². The molecule has 0 amide bonds. The van der Waals surface area contributed by atoms with Crippen molar-refractivity contribution in [1.29, 1.82) is 0 Å². The number of nitro benzene ring substituents is 1. The van der Waals surface area contributed by atoms with E-state index < -0.39 is 16.4 Å². The van der Waals surface area contributed by atoms with Crippen LogP contribution in [0.4, 0.5) is 11.4 Å². The average Bonchev–Trinajstić information content (AvgIpc) is 2.95. The van der Waals surface area contributed by atoms with Crippen molar-refractivity contribution in [2.75, 3.05) is 0 Å². The molecule has 0 bridgehead atoms. The summed E-state index contributed by atoms with van der Waals surface area (Å²) in [6.07, 6.45) is 1.30. The maximum absolute atomic E-state index is 12.2. The molecule has 0 aliphatic heterocycles. The highest BCUT2D eigenvalue weighted by atomic mass is 35.5. The second-order valence-corrected chi connectivity index (χ2v) is 7.18. The number of para-hydroxylation sites is 1. The number of aromatic amines is 1. The van der Waals surface area contributed by atoms with E-state index in [4.69, 9.17) is 11.6 Å². The molecule has 0 fully saturated rings. The van der Waals surface area contributed by atoms with Crippen LogP contribution < -0.4 is 5.11 Å². The third kappa shape index (κ3) is 4.12. The summed E-state index contributed by atoms with van der Waals surface area (Å²) < 4.78 is 0. The van der Waals surface area contributed by atoms with Gasteiger partial charge in [-0.1, -0.05) is 35.5 Å². The number of aliphatic imine (C=N–C) groups is 1. The largest absolute Gasteiger partial charge is 0.867 e. The van der Waals surface area contributed by atoms with Crippen LogP contribution in [0.5, 0.6) is 5.75 Å². The Hall–Kier alpha value is -2.84. The Morgan fingerprint density at radius 2 is 2.04 bits per heavy atom. The van der Waals surface area contributed by atoms with Gasteiger partial charge in [-0.05, 0) is 43.4 Å². The van der Waals surface area contributed by atoms with Crippen LogP contribution in [-0.2, 0) is 0 Å². The van der Waals surface area contributed by atoms with Gasteiger partial charge in [0.2, 0.25) is 0 Å². The number of hydrogen-bond donors (Lipinski definition) is 1. The van der Waals surface area contributed by atoms with Crippen LogP contribution in [-0.4, -0.2) is 21.3 Å². The zero-order valence-electron chi connectivity index (χ0n) is 14.4. The van der Waals surface area contributed by atoms with Crippen molar-refractivity contribution in [3.8, 4) is 5.75 Å². The molecule has 0 unspecified atom stereocenters. The molecule has 1 aromatic heterocycles. The maximum atomic E-state index is 12.2. The highest BCUT2D eigenvalue weighted by molar-refractivity contribution is 7.99. The highest BCUT2D eigenvalue weighted by Gasteiger charge is 2.13. The lowest BCUT2D eigenvalue weighted by Crippen LogP contribution is -2.02. The summed E-state index contributed by atoms with van der Waals surface area (Å²) in [5, 5.41) is 30.4. The molecular weight excluding hydrogens is 388 g/mol. The Labute approximate surface area is 164 Å². The van der Waals surface area contributed by atoms with Crippen molar-refractivity contribution in [2.45, 2.75) is 23.6 Å². The van der Waals surface area contributed by atoms with Crippen LogP contribution in [0.3, 0.4) is 0 Å². The fraction of sp³-hybridized carbons (Fsp3) is 0.111. The highest BCUT2D eigenvalue weighted by Crippen LogP contribution is 2.38. The van der Waals surface area contributed by atoms with Crippen LogP contribution in [0.1, 0.15) is 17.0 Å². The van der Waals surface area contributed by atoms with Crippen LogP contribution in [0.2, 0.25) is 5.02 Å². The second-order valence-electron chi connectivity index (χ2n) is 5.69. The summed E-state index contributed by atoms with van der Waals surface area (Å²) in [5.41, 5.74) is 1.94. The normalized spacial score (nSPS) is 11.2. The van der Waals surface area contributed by atoms with Gasteiger partial charge in [0, 0.05) is 27.9 Å². The molecule has 0 atom stereocenters. The van der Waals surface area contributed by atoms with Gasteiger partial charge in [-0.25, -0.2) is 0 Å². The first-order valence-corrected chi connectivity index (χ1v) is 9.03. The Kier molecular flexibility index (Phi) is 5.48. The number of H-pyrrole nitrogens is 1. The quantitative estimate of drug-likeness (QED) is 0.383.